The van der Waals surface area contributed by atoms with Crippen molar-refractivity contribution >= 4 is 11.4 Å². The van der Waals surface area contributed by atoms with Crippen molar-refractivity contribution in [2.75, 3.05) is 18.5 Å². The SMILES string of the molecule is CC.N#Cc1cc([N+](=O)[O-])cc2c1OCCN2. The van der Waals surface area contributed by atoms with Crippen molar-refractivity contribution in [2.45, 2.75) is 13.8 Å². The molecule has 1 aromatic carbocycles. The molecule has 1 aromatic rings. The van der Waals surface area contributed by atoms with Crippen molar-refractivity contribution in [3.63, 3.8) is 0 Å². The van der Waals surface area contributed by atoms with Gasteiger partial charge < -0.3 is 10.1 Å². The van der Waals surface area contributed by atoms with Crippen LogP contribution in [-0.2, 0) is 0 Å². The molecule has 0 aromatic heterocycles. The Balaban J connectivity index is 0.000000686. The maximum absolute atomic E-state index is 10.6. The van der Waals surface area contributed by atoms with Crippen LogP contribution in [0.2, 0.25) is 0 Å². The lowest BCUT2D eigenvalue weighted by molar-refractivity contribution is -0.384. The molecule has 0 bridgehead atoms. The fourth-order valence-corrected chi connectivity index (χ4v) is 1.43. The van der Waals surface area contributed by atoms with E-state index in [-0.39, 0.29) is 11.3 Å². The number of nitrogens with zero attached hydrogens (tertiary/aromatic N) is 2. The van der Waals surface area contributed by atoms with Crippen molar-refractivity contribution in [1.82, 2.24) is 0 Å². The number of fused-ring (bicyclic) bond motifs is 1. The molecular weight excluding hydrogens is 222 g/mol. The maximum atomic E-state index is 10.6. The summed E-state index contributed by atoms with van der Waals surface area (Å²) in [4.78, 5) is 10.1. The van der Waals surface area contributed by atoms with E-state index in [2.05, 4.69) is 5.32 Å². The van der Waals surface area contributed by atoms with Gasteiger partial charge in [0.1, 0.15) is 18.2 Å². The molecule has 6 heteroatoms. The summed E-state index contributed by atoms with van der Waals surface area (Å²) in [6, 6.07) is 4.47. The highest BCUT2D eigenvalue weighted by molar-refractivity contribution is 5.69. The molecule has 0 amide bonds. The number of anilines is 1. The van der Waals surface area contributed by atoms with E-state index in [0.29, 0.717) is 24.6 Å². The Kier molecular flexibility index (Phi) is 4.29. The summed E-state index contributed by atoms with van der Waals surface area (Å²) in [5, 5.41) is 22.4. The van der Waals surface area contributed by atoms with Gasteiger partial charge in [-0.25, -0.2) is 0 Å². The number of hydrogen-bond acceptors (Lipinski definition) is 5. The number of benzene rings is 1. The molecule has 0 spiro atoms. The van der Waals surface area contributed by atoms with Crippen LogP contribution in [0.5, 0.6) is 5.75 Å². The second-order valence-corrected chi connectivity index (χ2v) is 3.01. The van der Waals surface area contributed by atoms with E-state index in [1.54, 1.807) is 0 Å². The standard InChI is InChI=1S/C9H7N3O3.C2H6/c10-5-6-3-7(12(13)14)4-8-9(6)15-2-1-11-8;1-2/h3-4,11H,1-2H2;1-2H3. The van der Waals surface area contributed by atoms with E-state index in [1.807, 2.05) is 19.9 Å². The molecule has 0 fully saturated rings. The second kappa shape index (κ2) is 5.70. The molecule has 1 aliphatic rings. The zero-order valence-electron chi connectivity index (χ0n) is 9.69. The molecule has 17 heavy (non-hydrogen) atoms. The van der Waals surface area contributed by atoms with Gasteiger partial charge in [-0.2, -0.15) is 5.26 Å². The normalized spacial score (nSPS) is 11.8. The van der Waals surface area contributed by atoms with Crippen LogP contribution < -0.4 is 10.1 Å². The fourth-order valence-electron chi connectivity index (χ4n) is 1.43. The minimum Gasteiger partial charge on any atom is -0.488 e. The van der Waals surface area contributed by atoms with Gasteiger partial charge in [0.15, 0.2) is 5.75 Å². The van der Waals surface area contributed by atoms with Gasteiger partial charge in [-0.3, -0.25) is 10.1 Å². The lowest BCUT2D eigenvalue weighted by Crippen LogP contribution is -2.19. The number of nitriles is 1. The molecule has 1 heterocycles. The first kappa shape index (κ1) is 12.8. The molecule has 6 nitrogen and oxygen atoms in total. The Morgan fingerprint density at radius 1 is 1.53 bits per heavy atom. The average Bonchev–Trinajstić information content (AvgIpc) is 2.39. The molecule has 0 saturated carbocycles. The minimum absolute atomic E-state index is 0.108. The summed E-state index contributed by atoms with van der Waals surface area (Å²) in [5.41, 5.74) is 0.585. The van der Waals surface area contributed by atoms with Crippen LogP contribution in [-0.4, -0.2) is 18.1 Å². The second-order valence-electron chi connectivity index (χ2n) is 3.01. The van der Waals surface area contributed by atoms with Crippen LogP contribution in [0.1, 0.15) is 19.4 Å². The number of hydrogen-bond donors (Lipinski definition) is 1. The van der Waals surface area contributed by atoms with Gasteiger partial charge in [0.05, 0.1) is 10.6 Å². The Morgan fingerprint density at radius 2 is 2.24 bits per heavy atom. The summed E-state index contributed by atoms with van der Waals surface area (Å²) in [6.45, 7) is 5.04. The quantitative estimate of drug-likeness (QED) is 0.596. The molecule has 2 rings (SSSR count). The van der Waals surface area contributed by atoms with Crippen LogP contribution in [0.15, 0.2) is 12.1 Å². The van der Waals surface area contributed by atoms with Crippen molar-refractivity contribution in [3.05, 3.63) is 27.8 Å². The molecule has 0 saturated heterocycles. The van der Waals surface area contributed by atoms with Gasteiger partial charge >= 0.3 is 0 Å². The molecule has 1 N–H and O–H groups in total. The highest BCUT2D eigenvalue weighted by Gasteiger charge is 2.19. The Morgan fingerprint density at radius 3 is 2.82 bits per heavy atom. The van der Waals surface area contributed by atoms with Crippen molar-refractivity contribution in [3.8, 4) is 11.8 Å². The van der Waals surface area contributed by atoms with Crippen LogP contribution in [0.25, 0.3) is 0 Å². The highest BCUT2D eigenvalue weighted by Crippen LogP contribution is 2.34. The largest absolute Gasteiger partial charge is 0.488 e. The lowest BCUT2D eigenvalue weighted by Gasteiger charge is -2.19. The summed E-state index contributed by atoms with van der Waals surface area (Å²) >= 11 is 0. The molecule has 90 valence electrons. The van der Waals surface area contributed by atoms with E-state index >= 15 is 0 Å². The molecule has 0 radical (unpaired) electrons. The Labute approximate surface area is 99.0 Å². The third-order valence-electron chi connectivity index (χ3n) is 2.07. The number of nitro groups is 1. The first-order valence-corrected chi connectivity index (χ1v) is 5.31. The van der Waals surface area contributed by atoms with Crippen molar-refractivity contribution in [2.24, 2.45) is 0 Å². The highest BCUT2D eigenvalue weighted by atomic mass is 16.6. The van der Waals surface area contributed by atoms with Gasteiger partial charge in [-0.15, -0.1) is 0 Å². The van der Waals surface area contributed by atoms with Crippen LogP contribution >= 0.6 is 0 Å². The molecule has 0 aliphatic carbocycles. The first-order valence-electron chi connectivity index (χ1n) is 5.31. The molecule has 0 atom stereocenters. The van der Waals surface area contributed by atoms with Crippen LogP contribution in [0.3, 0.4) is 0 Å². The summed E-state index contributed by atoms with van der Waals surface area (Å²) in [6.07, 6.45) is 0. The zero-order chi connectivity index (χ0) is 12.8. The number of non-ortho nitro benzene ring substituents is 1. The number of nitro benzene ring substituents is 1. The summed E-state index contributed by atoms with van der Waals surface area (Å²) in [7, 11) is 0. The van der Waals surface area contributed by atoms with E-state index < -0.39 is 4.92 Å². The average molecular weight is 235 g/mol. The Hall–Kier alpha value is -2.29. The summed E-state index contributed by atoms with van der Waals surface area (Å²) in [5.74, 6) is 0.398. The molecular formula is C11H13N3O3. The molecule has 0 unspecified atom stereocenters. The third-order valence-corrected chi connectivity index (χ3v) is 2.07. The van der Waals surface area contributed by atoms with Gasteiger partial charge in [-0.05, 0) is 0 Å². The van der Waals surface area contributed by atoms with Gasteiger partial charge in [0, 0.05) is 18.7 Å². The minimum atomic E-state index is -0.530. The van der Waals surface area contributed by atoms with Gasteiger partial charge in [0.2, 0.25) is 0 Å². The Bertz CT molecular complexity index is 466. The van der Waals surface area contributed by atoms with E-state index in [0.717, 1.165) is 0 Å². The number of nitrogens with one attached hydrogen (secondary N) is 1. The number of ether oxygens (including phenoxy) is 1. The summed E-state index contributed by atoms with van der Waals surface area (Å²) < 4.78 is 5.27. The lowest BCUT2D eigenvalue weighted by atomic mass is 10.1. The van der Waals surface area contributed by atoms with E-state index in [4.69, 9.17) is 10.00 Å². The predicted octanol–water partition coefficient (Wildman–Crippen LogP) is 2.30. The third kappa shape index (κ3) is 2.64. The van der Waals surface area contributed by atoms with Crippen molar-refractivity contribution < 1.29 is 9.66 Å². The van der Waals surface area contributed by atoms with Crippen LogP contribution in [0, 0.1) is 21.4 Å². The predicted molar refractivity (Wildman–Crippen MR) is 63.1 cm³/mol. The van der Waals surface area contributed by atoms with Gasteiger partial charge in [0.25, 0.3) is 5.69 Å². The fraction of sp³-hybridized carbons (Fsp3) is 0.364. The monoisotopic (exact) mass is 235 g/mol. The number of rotatable bonds is 1. The zero-order valence-corrected chi connectivity index (χ0v) is 9.69. The first-order chi connectivity index (χ1) is 8.22. The van der Waals surface area contributed by atoms with Crippen LogP contribution in [0.4, 0.5) is 11.4 Å². The topological polar surface area (TPSA) is 88.2 Å². The smallest absolute Gasteiger partial charge is 0.273 e. The van der Waals surface area contributed by atoms with Crippen molar-refractivity contribution in [1.29, 1.82) is 5.26 Å². The molecule has 1 aliphatic heterocycles. The van der Waals surface area contributed by atoms with E-state index in [9.17, 15) is 10.1 Å². The van der Waals surface area contributed by atoms with Gasteiger partial charge in [-0.1, -0.05) is 13.8 Å². The maximum Gasteiger partial charge on any atom is 0.273 e. The van der Waals surface area contributed by atoms with E-state index in [1.165, 1.54) is 12.1 Å².